The van der Waals surface area contributed by atoms with Crippen LogP contribution in [0.1, 0.15) is 12.8 Å². The molecule has 2 aromatic rings. The van der Waals surface area contributed by atoms with Crippen molar-refractivity contribution in [3.05, 3.63) is 24.3 Å². The quantitative estimate of drug-likeness (QED) is 0.821. The predicted molar refractivity (Wildman–Crippen MR) is 78.1 cm³/mol. The Labute approximate surface area is 123 Å². The van der Waals surface area contributed by atoms with Crippen molar-refractivity contribution in [2.45, 2.75) is 17.2 Å². The van der Waals surface area contributed by atoms with Gasteiger partial charge in [-0.1, -0.05) is 12.1 Å². The minimum absolute atomic E-state index is 0.280. The summed E-state index contributed by atoms with van der Waals surface area (Å²) in [7, 11) is -1.42. The van der Waals surface area contributed by atoms with Gasteiger partial charge in [0.25, 0.3) is 0 Å². The summed E-state index contributed by atoms with van der Waals surface area (Å²) in [6.45, 7) is 0.751. The summed E-state index contributed by atoms with van der Waals surface area (Å²) in [5, 5.41) is 17.3. The molecule has 1 aromatic heterocycles. The van der Waals surface area contributed by atoms with E-state index in [1.165, 1.54) is 11.3 Å². The van der Waals surface area contributed by atoms with E-state index in [-0.39, 0.29) is 12.8 Å². The van der Waals surface area contributed by atoms with Gasteiger partial charge in [0.2, 0.25) is 0 Å². The third-order valence-electron chi connectivity index (χ3n) is 2.60. The maximum atomic E-state index is 12.5. The van der Waals surface area contributed by atoms with Gasteiger partial charge in [0.15, 0.2) is 15.3 Å². The molecule has 0 radical (unpaired) electrons. The van der Waals surface area contributed by atoms with Crippen molar-refractivity contribution in [2.75, 3.05) is 13.1 Å². The second kappa shape index (κ2) is 7.11. The second-order valence-electron chi connectivity index (χ2n) is 3.94. The number of benzene rings is 1. The van der Waals surface area contributed by atoms with Crippen LogP contribution in [0.15, 0.2) is 28.6 Å². The Bertz CT molecular complexity index is 647. The van der Waals surface area contributed by atoms with Gasteiger partial charge >= 0.3 is 0 Å². The molecule has 1 atom stereocenters. The fourth-order valence-corrected chi connectivity index (χ4v) is 4.14. The van der Waals surface area contributed by atoms with E-state index in [2.05, 4.69) is 4.98 Å². The molecular formula is C13H12N4OS2. The Morgan fingerprint density at radius 1 is 1.20 bits per heavy atom. The molecule has 0 amide bonds. The number of nitriles is 2. The van der Waals surface area contributed by atoms with E-state index >= 15 is 0 Å². The van der Waals surface area contributed by atoms with E-state index in [9.17, 15) is 4.21 Å². The lowest BCUT2D eigenvalue weighted by molar-refractivity contribution is 0.461. The lowest BCUT2D eigenvalue weighted by Gasteiger charge is -2.16. The highest BCUT2D eigenvalue weighted by Crippen LogP contribution is 2.25. The first-order valence-corrected chi connectivity index (χ1v) is 7.95. The van der Waals surface area contributed by atoms with E-state index in [0.717, 1.165) is 10.2 Å². The molecule has 0 saturated carbocycles. The van der Waals surface area contributed by atoms with Gasteiger partial charge in [0.05, 0.1) is 22.4 Å². The van der Waals surface area contributed by atoms with Gasteiger partial charge < -0.3 is 0 Å². The van der Waals surface area contributed by atoms with E-state index in [1.54, 1.807) is 4.31 Å². The van der Waals surface area contributed by atoms with Crippen molar-refractivity contribution >= 4 is 32.5 Å². The first-order chi connectivity index (χ1) is 9.76. The Morgan fingerprint density at radius 2 is 1.85 bits per heavy atom. The minimum atomic E-state index is -1.42. The van der Waals surface area contributed by atoms with Crippen LogP contribution in [0.3, 0.4) is 0 Å². The number of hydrogen-bond donors (Lipinski definition) is 0. The highest BCUT2D eigenvalue weighted by atomic mass is 32.2. The van der Waals surface area contributed by atoms with Crippen molar-refractivity contribution < 1.29 is 4.21 Å². The fraction of sp³-hybridized carbons (Fsp3) is 0.308. The smallest absolute Gasteiger partial charge is 0.197 e. The molecular weight excluding hydrogens is 292 g/mol. The van der Waals surface area contributed by atoms with Crippen LogP contribution in [0.2, 0.25) is 0 Å². The molecule has 0 aliphatic carbocycles. The number of thiazole rings is 1. The molecule has 0 fully saturated rings. The zero-order valence-electron chi connectivity index (χ0n) is 10.7. The van der Waals surface area contributed by atoms with Gasteiger partial charge in [-0.05, 0) is 12.1 Å². The number of fused-ring (bicyclic) bond motifs is 1. The molecule has 1 aromatic carbocycles. The molecule has 20 heavy (non-hydrogen) atoms. The van der Waals surface area contributed by atoms with Crippen LogP contribution in [-0.4, -0.2) is 26.6 Å². The average Bonchev–Trinajstić information content (AvgIpc) is 2.90. The normalized spacial score (nSPS) is 12.2. The Balaban J connectivity index is 2.21. The number of aromatic nitrogens is 1. The van der Waals surface area contributed by atoms with E-state index in [0.29, 0.717) is 17.4 Å². The maximum Gasteiger partial charge on any atom is 0.197 e. The van der Waals surface area contributed by atoms with E-state index in [4.69, 9.17) is 10.5 Å². The highest BCUT2D eigenvalue weighted by Gasteiger charge is 2.18. The first-order valence-electron chi connectivity index (χ1n) is 6.02. The minimum Gasteiger partial charge on any atom is -0.235 e. The standard InChI is InChI=1S/C13H12N4OS2/c14-7-3-9-17(10-4-8-15)20(18)13-16-11-5-1-2-6-12(11)19-13/h1-2,5-6H,3-4,9-10H2. The van der Waals surface area contributed by atoms with Crippen LogP contribution < -0.4 is 0 Å². The lowest BCUT2D eigenvalue weighted by Crippen LogP contribution is -2.28. The number of hydrogen-bond acceptors (Lipinski definition) is 5. The first kappa shape index (κ1) is 14.6. The number of nitrogens with zero attached hydrogens (tertiary/aromatic N) is 4. The third-order valence-corrected chi connectivity index (χ3v) is 5.34. The Morgan fingerprint density at radius 3 is 2.45 bits per heavy atom. The Kier molecular flexibility index (Phi) is 5.19. The topological polar surface area (TPSA) is 80.8 Å². The van der Waals surface area contributed by atoms with Gasteiger partial charge in [-0.25, -0.2) is 13.5 Å². The van der Waals surface area contributed by atoms with Gasteiger partial charge in [0.1, 0.15) is 0 Å². The summed E-state index contributed by atoms with van der Waals surface area (Å²) in [4.78, 5) is 4.36. The van der Waals surface area contributed by atoms with Crippen molar-refractivity contribution in [3.63, 3.8) is 0 Å². The zero-order valence-corrected chi connectivity index (χ0v) is 12.3. The van der Waals surface area contributed by atoms with Crippen molar-refractivity contribution in [1.82, 2.24) is 9.29 Å². The van der Waals surface area contributed by atoms with Crippen molar-refractivity contribution in [3.8, 4) is 12.1 Å². The molecule has 0 aliphatic heterocycles. The summed E-state index contributed by atoms with van der Waals surface area (Å²) < 4.78 is 15.6. The van der Waals surface area contributed by atoms with Crippen molar-refractivity contribution in [2.24, 2.45) is 0 Å². The van der Waals surface area contributed by atoms with Crippen LogP contribution in [-0.2, 0) is 11.0 Å². The molecule has 0 aliphatic rings. The predicted octanol–water partition coefficient (Wildman–Crippen LogP) is 2.45. The van der Waals surface area contributed by atoms with Gasteiger partial charge in [-0.2, -0.15) is 10.5 Å². The molecule has 1 unspecified atom stereocenters. The molecule has 0 N–H and O–H groups in total. The fourth-order valence-electron chi connectivity index (χ4n) is 1.66. The van der Waals surface area contributed by atoms with Crippen LogP contribution >= 0.6 is 11.3 Å². The SMILES string of the molecule is N#CCCN(CCC#N)S(=O)c1nc2ccccc2s1. The number of para-hydroxylation sites is 1. The summed E-state index contributed by atoms with van der Waals surface area (Å²) >= 11 is 1.38. The highest BCUT2D eigenvalue weighted by molar-refractivity contribution is 7.85. The van der Waals surface area contributed by atoms with Crippen LogP contribution in [0.25, 0.3) is 10.2 Å². The van der Waals surface area contributed by atoms with Gasteiger partial charge in [-0.3, -0.25) is 0 Å². The van der Waals surface area contributed by atoms with E-state index < -0.39 is 11.0 Å². The number of rotatable bonds is 6. The van der Waals surface area contributed by atoms with Crippen molar-refractivity contribution in [1.29, 1.82) is 10.5 Å². The van der Waals surface area contributed by atoms with Gasteiger partial charge in [0, 0.05) is 25.9 Å². The molecule has 5 nitrogen and oxygen atoms in total. The summed E-state index contributed by atoms with van der Waals surface area (Å²) in [6.07, 6.45) is 0.560. The Hall–Kier alpha value is -1.80. The van der Waals surface area contributed by atoms with Crippen LogP contribution in [0.5, 0.6) is 0 Å². The molecule has 0 saturated heterocycles. The lowest BCUT2D eigenvalue weighted by atomic mass is 10.3. The molecule has 7 heteroatoms. The molecule has 2 rings (SSSR count). The molecule has 1 heterocycles. The van der Waals surface area contributed by atoms with Gasteiger partial charge in [-0.15, -0.1) is 11.3 Å². The monoisotopic (exact) mass is 304 g/mol. The van der Waals surface area contributed by atoms with Crippen LogP contribution in [0.4, 0.5) is 0 Å². The largest absolute Gasteiger partial charge is 0.235 e. The molecule has 0 bridgehead atoms. The van der Waals surface area contributed by atoms with E-state index in [1.807, 2.05) is 36.4 Å². The summed E-state index contributed by atoms with van der Waals surface area (Å²) in [5.41, 5.74) is 0.821. The molecule has 102 valence electrons. The zero-order chi connectivity index (χ0) is 14.4. The summed E-state index contributed by atoms with van der Waals surface area (Å²) in [5.74, 6) is 0. The molecule has 0 spiro atoms. The maximum absolute atomic E-state index is 12.5. The third kappa shape index (κ3) is 3.40. The summed E-state index contributed by atoms with van der Waals surface area (Å²) in [6, 6.07) is 11.7. The second-order valence-corrected chi connectivity index (χ2v) is 6.63. The van der Waals surface area contributed by atoms with Crippen LogP contribution in [0, 0.1) is 22.7 Å². The average molecular weight is 304 g/mol.